The van der Waals surface area contributed by atoms with Gasteiger partial charge in [0, 0.05) is 18.2 Å². The number of rotatable bonds is 9. The Balaban J connectivity index is 1.79. The molecule has 0 saturated carbocycles. The van der Waals surface area contributed by atoms with Crippen LogP contribution in [0.25, 0.3) is 0 Å². The average Bonchev–Trinajstić information content (AvgIpc) is 2.71. The Morgan fingerprint density at radius 2 is 1.68 bits per heavy atom. The van der Waals surface area contributed by atoms with Crippen molar-refractivity contribution in [3.05, 3.63) is 52.6 Å². The first-order valence-corrected chi connectivity index (χ1v) is 7.97. The summed E-state index contributed by atoms with van der Waals surface area (Å²) in [4.78, 5) is 33.6. The molecule has 148 valence electrons. The van der Waals surface area contributed by atoms with Crippen LogP contribution >= 0.6 is 0 Å². The van der Waals surface area contributed by atoms with E-state index in [0.717, 1.165) is 0 Å². The van der Waals surface area contributed by atoms with E-state index in [2.05, 4.69) is 5.32 Å². The van der Waals surface area contributed by atoms with Crippen LogP contribution in [0.3, 0.4) is 0 Å². The van der Waals surface area contributed by atoms with Crippen molar-refractivity contribution in [3.8, 4) is 17.2 Å². The van der Waals surface area contributed by atoms with Gasteiger partial charge in [-0.15, -0.1) is 0 Å². The van der Waals surface area contributed by atoms with Crippen LogP contribution in [0.1, 0.15) is 0 Å². The second-order valence-corrected chi connectivity index (χ2v) is 5.31. The van der Waals surface area contributed by atoms with E-state index in [9.17, 15) is 19.7 Å². The molecule has 1 amide bonds. The smallest absolute Gasteiger partial charge is 0.344 e. The molecular formula is C18H18N2O8. The topological polar surface area (TPSA) is 126 Å². The average molecular weight is 390 g/mol. The number of nitrogens with zero attached hydrogens (tertiary/aromatic N) is 1. The van der Waals surface area contributed by atoms with Crippen LogP contribution in [0.15, 0.2) is 42.5 Å². The lowest BCUT2D eigenvalue weighted by Gasteiger charge is -2.12. The van der Waals surface area contributed by atoms with Crippen molar-refractivity contribution in [1.29, 1.82) is 0 Å². The first-order valence-electron chi connectivity index (χ1n) is 7.97. The maximum absolute atomic E-state index is 11.9. The fourth-order valence-electron chi connectivity index (χ4n) is 2.08. The molecule has 0 atom stereocenters. The quantitative estimate of drug-likeness (QED) is 0.392. The number of benzene rings is 2. The zero-order chi connectivity index (χ0) is 20.5. The van der Waals surface area contributed by atoms with Crippen molar-refractivity contribution in [2.24, 2.45) is 0 Å². The largest absolute Gasteiger partial charge is 0.497 e. The minimum absolute atomic E-state index is 0.0967. The Bertz CT molecular complexity index is 851. The highest BCUT2D eigenvalue weighted by atomic mass is 16.6. The maximum atomic E-state index is 11.9. The van der Waals surface area contributed by atoms with Crippen LogP contribution in [-0.4, -0.2) is 44.2 Å². The van der Waals surface area contributed by atoms with E-state index in [1.165, 1.54) is 38.5 Å². The predicted octanol–water partition coefficient (Wildman–Crippen LogP) is 2.17. The molecule has 0 bridgehead atoms. The zero-order valence-corrected chi connectivity index (χ0v) is 15.2. The van der Waals surface area contributed by atoms with Gasteiger partial charge in [0.15, 0.2) is 13.2 Å². The Hall–Kier alpha value is -3.82. The van der Waals surface area contributed by atoms with Crippen LogP contribution in [0.4, 0.5) is 11.4 Å². The van der Waals surface area contributed by atoms with Gasteiger partial charge in [-0.3, -0.25) is 14.9 Å². The van der Waals surface area contributed by atoms with E-state index in [1.54, 1.807) is 18.2 Å². The van der Waals surface area contributed by atoms with Crippen LogP contribution in [0, 0.1) is 10.1 Å². The summed E-state index contributed by atoms with van der Waals surface area (Å²) in [6, 6.07) is 10.0. The van der Waals surface area contributed by atoms with E-state index < -0.39 is 30.0 Å². The lowest BCUT2D eigenvalue weighted by atomic mass is 10.2. The molecule has 2 rings (SSSR count). The summed E-state index contributed by atoms with van der Waals surface area (Å²) in [5.74, 6) is -0.123. The van der Waals surface area contributed by atoms with Crippen molar-refractivity contribution in [2.45, 2.75) is 0 Å². The lowest BCUT2D eigenvalue weighted by Crippen LogP contribution is -2.23. The van der Waals surface area contributed by atoms with E-state index in [0.29, 0.717) is 17.2 Å². The summed E-state index contributed by atoms with van der Waals surface area (Å²) < 4.78 is 20.2. The van der Waals surface area contributed by atoms with Gasteiger partial charge in [-0.25, -0.2) is 4.79 Å². The van der Waals surface area contributed by atoms with Crippen molar-refractivity contribution in [2.75, 3.05) is 32.8 Å². The number of anilines is 1. The van der Waals surface area contributed by atoms with Gasteiger partial charge in [-0.05, 0) is 24.3 Å². The standard InChI is InChI=1S/C18H18N2O8/c1-25-14-7-8-15(16(9-14)26-2)19-17(21)10-28-18(22)11-27-13-5-3-12(4-6-13)20(23)24/h3-9H,10-11H2,1-2H3,(H,19,21). The molecule has 0 aliphatic carbocycles. The lowest BCUT2D eigenvalue weighted by molar-refractivity contribution is -0.384. The van der Waals surface area contributed by atoms with Gasteiger partial charge in [0.25, 0.3) is 11.6 Å². The SMILES string of the molecule is COc1ccc(NC(=O)COC(=O)COc2ccc([N+](=O)[O-])cc2)c(OC)c1. The normalized spacial score (nSPS) is 9.93. The molecule has 28 heavy (non-hydrogen) atoms. The van der Waals surface area contributed by atoms with Crippen molar-refractivity contribution in [3.63, 3.8) is 0 Å². The molecule has 10 heteroatoms. The molecule has 0 radical (unpaired) electrons. The number of amides is 1. The van der Waals surface area contributed by atoms with E-state index in [4.69, 9.17) is 18.9 Å². The number of non-ortho nitro benzene ring substituents is 1. The molecule has 0 spiro atoms. The highest BCUT2D eigenvalue weighted by molar-refractivity contribution is 5.94. The number of methoxy groups -OCH3 is 2. The molecular weight excluding hydrogens is 372 g/mol. The molecule has 0 saturated heterocycles. The number of ether oxygens (including phenoxy) is 4. The minimum Gasteiger partial charge on any atom is -0.497 e. The van der Waals surface area contributed by atoms with Crippen LogP contribution in [0.2, 0.25) is 0 Å². The Morgan fingerprint density at radius 1 is 1.00 bits per heavy atom. The van der Waals surface area contributed by atoms with Crippen molar-refractivity contribution in [1.82, 2.24) is 0 Å². The highest BCUT2D eigenvalue weighted by Gasteiger charge is 2.12. The maximum Gasteiger partial charge on any atom is 0.344 e. The predicted molar refractivity (Wildman–Crippen MR) is 97.7 cm³/mol. The second-order valence-electron chi connectivity index (χ2n) is 5.31. The van der Waals surface area contributed by atoms with Gasteiger partial charge in [0.1, 0.15) is 17.2 Å². The molecule has 10 nitrogen and oxygen atoms in total. The summed E-state index contributed by atoms with van der Waals surface area (Å²) in [6.45, 7) is -0.964. The third-order valence-corrected chi connectivity index (χ3v) is 3.45. The number of nitrogens with one attached hydrogen (secondary N) is 1. The second kappa shape index (κ2) is 9.76. The summed E-state index contributed by atoms with van der Waals surface area (Å²) in [6.07, 6.45) is 0. The third kappa shape index (κ3) is 5.87. The third-order valence-electron chi connectivity index (χ3n) is 3.45. The fraction of sp³-hybridized carbons (Fsp3) is 0.222. The zero-order valence-electron chi connectivity index (χ0n) is 15.2. The van der Waals surface area contributed by atoms with Gasteiger partial charge >= 0.3 is 5.97 Å². The molecule has 0 aromatic heterocycles. The van der Waals surface area contributed by atoms with Crippen molar-refractivity contribution >= 4 is 23.3 Å². The fourth-order valence-corrected chi connectivity index (χ4v) is 2.08. The Morgan fingerprint density at radius 3 is 2.29 bits per heavy atom. The molecule has 2 aromatic carbocycles. The van der Waals surface area contributed by atoms with Gasteiger partial charge in [-0.1, -0.05) is 0 Å². The Labute approximate surface area is 160 Å². The van der Waals surface area contributed by atoms with Gasteiger partial charge in [0.05, 0.1) is 24.8 Å². The van der Waals surface area contributed by atoms with Crippen LogP contribution in [0.5, 0.6) is 17.2 Å². The minimum atomic E-state index is -0.768. The van der Waals surface area contributed by atoms with Gasteiger partial charge in [-0.2, -0.15) is 0 Å². The van der Waals surface area contributed by atoms with Crippen molar-refractivity contribution < 1.29 is 33.5 Å². The molecule has 0 heterocycles. The van der Waals surface area contributed by atoms with E-state index in [-0.39, 0.29) is 11.4 Å². The first-order chi connectivity index (χ1) is 13.4. The number of nitro groups is 1. The number of nitro benzene ring substituents is 1. The molecule has 2 aromatic rings. The molecule has 0 aliphatic rings. The highest BCUT2D eigenvalue weighted by Crippen LogP contribution is 2.28. The van der Waals surface area contributed by atoms with Gasteiger partial charge < -0.3 is 24.3 Å². The van der Waals surface area contributed by atoms with Crippen LogP contribution < -0.4 is 19.5 Å². The number of hydrogen-bond acceptors (Lipinski definition) is 8. The summed E-state index contributed by atoms with van der Waals surface area (Å²) >= 11 is 0. The Kier molecular flexibility index (Phi) is 7.14. The number of carbonyl (C=O) groups excluding carboxylic acids is 2. The van der Waals surface area contributed by atoms with Gasteiger partial charge in [0.2, 0.25) is 0 Å². The number of esters is 1. The van der Waals surface area contributed by atoms with E-state index in [1.807, 2.05) is 0 Å². The number of hydrogen-bond donors (Lipinski definition) is 1. The monoisotopic (exact) mass is 390 g/mol. The summed E-state index contributed by atoms with van der Waals surface area (Å²) in [5, 5.41) is 13.1. The molecule has 0 fully saturated rings. The molecule has 0 aliphatic heterocycles. The van der Waals surface area contributed by atoms with E-state index >= 15 is 0 Å². The summed E-state index contributed by atoms with van der Waals surface area (Å²) in [5.41, 5.74) is 0.298. The number of carbonyl (C=O) groups is 2. The summed E-state index contributed by atoms with van der Waals surface area (Å²) in [7, 11) is 2.95. The first kappa shape index (κ1) is 20.5. The molecule has 1 N–H and O–H groups in total. The molecule has 0 unspecified atom stereocenters. The van der Waals surface area contributed by atoms with Crippen LogP contribution in [-0.2, 0) is 14.3 Å².